The number of hydrogen-bond donors (Lipinski definition) is 1. The zero-order valence-electron chi connectivity index (χ0n) is 14.5. The van der Waals surface area contributed by atoms with Crippen LogP contribution in [-0.2, 0) is 6.54 Å². The Kier molecular flexibility index (Phi) is 4.30. The average molecular weight is 322 g/mol. The van der Waals surface area contributed by atoms with Crippen LogP contribution in [0.1, 0.15) is 38.6 Å². The lowest BCUT2D eigenvalue weighted by Gasteiger charge is -2.09. The summed E-state index contributed by atoms with van der Waals surface area (Å²) in [5.41, 5.74) is 5.86. The summed E-state index contributed by atoms with van der Waals surface area (Å²) in [6.07, 6.45) is 1.66. The average Bonchev–Trinajstić information content (AvgIpc) is 3.14. The highest BCUT2D eigenvalue weighted by Crippen LogP contribution is 2.20. The fourth-order valence-corrected chi connectivity index (χ4v) is 2.85. The van der Waals surface area contributed by atoms with Crippen LogP contribution >= 0.6 is 0 Å². The summed E-state index contributed by atoms with van der Waals surface area (Å²) >= 11 is 0. The van der Waals surface area contributed by atoms with Gasteiger partial charge in [-0.15, -0.1) is 0 Å². The molecule has 0 aliphatic carbocycles. The van der Waals surface area contributed by atoms with Crippen molar-refractivity contribution in [3.63, 3.8) is 0 Å². The predicted molar refractivity (Wildman–Crippen MR) is 95.6 cm³/mol. The number of anilines is 1. The van der Waals surface area contributed by atoms with E-state index in [2.05, 4.69) is 16.8 Å². The molecule has 0 aliphatic heterocycles. The Balaban J connectivity index is 1.83. The van der Waals surface area contributed by atoms with E-state index in [0.717, 1.165) is 28.4 Å². The number of aryl methyl sites for hydroxylation is 3. The molecule has 1 aromatic carbocycles. The van der Waals surface area contributed by atoms with Gasteiger partial charge in [-0.05, 0) is 69.2 Å². The van der Waals surface area contributed by atoms with Crippen molar-refractivity contribution in [2.45, 2.75) is 34.2 Å². The van der Waals surface area contributed by atoms with E-state index in [-0.39, 0.29) is 5.91 Å². The maximum absolute atomic E-state index is 12.7. The van der Waals surface area contributed by atoms with Crippen LogP contribution < -0.4 is 5.32 Å². The molecule has 4 heteroatoms. The first-order valence-electron chi connectivity index (χ1n) is 8.03. The number of nitrogens with zero attached hydrogens (tertiary/aromatic N) is 1. The van der Waals surface area contributed by atoms with Crippen LogP contribution in [0.25, 0.3) is 0 Å². The van der Waals surface area contributed by atoms with Gasteiger partial charge in [-0.25, -0.2) is 0 Å². The minimum absolute atomic E-state index is 0.0861. The van der Waals surface area contributed by atoms with E-state index in [4.69, 9.17) is 4.42 Å². The van der Waals surface area contributed by atoms with Gasteiger partial charge in [0, 0.05) is 17.1 Å². The molecule has 2 aromatic heterocycles. The Morgan fingerprint density at radius 3 is 2.54 bits per heavy atom. The van der Waals surface area contributed by atoms with Crippen LogP contribution in [0.5, 0.6) is 0 Å². The van der Waals surface area contributed by atoms with Crippen molar-refractivity contribution >= 4 is 11.6 Å². The summed E-state index contributed by atoms with van der Waals surface area (Å²) in [5, 5.41) is 2.99. The fourth-order valence-electron chi connectivity index (χ4n) is 2.85. The van der Waals surface area contributed by atoms with Crippen LogP contribution in [0.15, 0.2) is 47.1 Å². The smallest absolute Gasteiger partial charge is 0.257 e. The Morgan fingerprint density at radius 2 is 1.88 bits per heavy atom. The van der Waals surface area contributed by atoms with E-state index in [1.54, 1.807) is 6.26 Å². The molecule has 1 amide bonds. The van der Waals surface area contributed by atoms with E-state index in [0.29, 0.717) is 12.1 Å². The zero-order valence-corrected chi connectivity index (χ0v) is 14.5. The van der Waals surface area contributed by atoms with Crippen LogP contribution in [0.3, 0.4) is 0 Å². The van der Waals surface area contributed by atoms with Gasteiger partial charge < -0.3 is 14.3 Å². The maximum Gasteiger partial charge on any atom is 0.257 e. The molecule has 1 N–H and O–H groups in total. The number of amides is 1. The van der Waals surface area contributed by atoms with Crippen LogP contribution in [0.4, 0.5) is 5.69 Å². The van der Waals surface area contributed by atoms with E-state index in [1.165, 1.54) is 5.56 Å². The standard InChI is InChI=1S/C20H22N2O2/c1-13-7-8-17(10-14(13)2)21-20(23)19-11-15(3)22(16(19)4)12-18-6-5-9-24-18/h5-11H,12H2,1-4H3,(H,21,23). The molecule has 0 atom stereocenters. The second kappa shape index (κ2) is 6.40. The number of benzene rings is 1. The zero-order chi connectivity index (χ0) is 17.3. The summed E-state index contributed by atoms with van der Waals surface area (Å²) in [7, 11) is 0. The Morgan fingerprint density at radius 1 is 1.08 bits per heavy atom. The molecular formula is C20H22N2O2. The Labute approximate surface area is 142 Å². The summed E-state index contributed by atoms with van der Waals surface area (Å²) in [6, 6.07) is 11.7. The molecule has 24 heavy (non-hydrogen) atoms. The highest BCUT2D eigenvalue weighted by atomic mass is 16.3. The lowest BCUT2D eigenvalue weighted by atomic mass is 10.1. The SMILES string of the molecule is Cc1ccc(NC(=O)c2cc(C)n(Cc3ccco3)c2C)cc1C. The van der Waals surface area contributed by atoms with Crippen LogP contribution in [0.2, 0.25) is 0 Å². The van der Waals surface area contributed by atoms with Crippen LogP contribution in [0, 0.1) is 27.7 Å². The molecule has 0 fully saturated rings. The molecule has 2 heterocycles. The first kappa shape index (κ1) is 16.1. The third-order valence-corrected chi connectivity index (χ3v) is 4.48. The van der Waals surface area contributed by atoms with E-state index in [9.17, 15) is 4.79 Å². The molecule has 0 spiro atoms. The van der Waals surface area contributed by atoms with E-state index >= 15 is 0 Å². The van der Waals surface area contributed by atoms with Gasteiger partial charge in [-0.3, -0.25) is 4.79 Å². The fraction of sp³-hybridized carbons (Fsp3) is 0.250. The quantitative estimate of drug-likeness (QED) is 0.762. The molecule has 3 aromatic rings. The number of hydrogen-bond acceptors (Lipinski definition) is 2. The summed E-state index contributed by atoms with van der Waals surface area (Å²) in [5.74, 6) is 0.787. The summed E-state index contributed by atoms with van der Waals surface area (Å²) in [6.45, 7) is 8.69. The minimum Gasteiger partial charge on any atom is -0.467 e. The van der Waals surface area contributed by atoms with Gasteiger partial charge in [0.05, 0.1) is 18.4 Å². The second-order valence-electron chi connectivity index (χ2n) is 6.20. The number of aromatic nitrogens is 1. The topological polar surface area (TPSA) is 47.2 Å². The Hall–Kier alpha value is -2.75. The highest BCUT2D eigenvalue weighted by molar-refractivity contribution is 6.05. The number of carbonyl (C=O) groups excluding carboxylic acids is 1. The minimum atomic E-state index is -0.0861. The van der Waals surface area contributed by atoms with Crippen LogP contribution in [-0.4, -0.2) is 10.5 Å². The van der Waals surface area contributed by atoms with Gasteiger partial charge in [0.15, 0.2) is 0 Å². The van der Waals surface area contributed by atoms with Crippen molar-refractivity contribution in [1.29, 1.82) is 0 Å². The van der Waals surface area contributed by atoms with Crippen molar-refractivity contribution in [1.82, 2.24) is 4.57 Å². The molecule has 124 valence electrons. The molecular weight excluding hydrogens is 300 g/mol. The van der Waals surface area contributed by atoms with Gasteiger partial charge in [-0.1, -0.05) is 6.07 Å². The normalized spacial score (nSPS) is 10.8. The number of rotatable bonds is 4. The lowest BCUT2D eigenvalue weighted by molar-refractivity contribution is 0.102. The Bertz CT molecular complexity index is 873. The highest BCUT2D eigenvalue weighted by Gasteiger charge is 2.16. The van der Waals surface area contributed by atoms with Gasteiger partial charge in [-0.2, -0.15) is 0 Å². The second-order valence-corrected chi connectivity index (χ2v) is 6.20. The van der Waals surface area contributed by atoms with Gasteiger partial charge >= 0.3 is 0 Å². The molecule has 0 aliphatic rings. The van der Waals surface area contributed by atoms with Crippen molar-refractivity contribution in [3.05, 3.63) is 76.5 Å². The number of furan rings is 1. The monoisotopic (exact) mass is 322 g/mol. The maximum atomic E-state index is 12.7. The molecule has 0 saturated carbocycles. The van der Waals surface area contributed by atoms with Crippen molar-refractivity contribution in [3.8, 4) is 0 Å². The largest absolute Gasteiger partial charge is 0.467 e. The molecule has 0 radical (unpaired) electrons. The number of nitrogens with one attached hydrogen (secondary N) is 1. The van der Waals surface area contributed by atoms with E-state index < -0.39 is 0 Å². The summed E-state index contributed by atoms with van der Waals surface area (Å²) in [4.78, 5) is 12.7. The third kappa shape index (κ3) is 3.13. The first-order valence-corrected chi connectivity index (χ1v) is 8.03. The number of carbonyl (C=O) groups is 1. The van der Waals surface area contributed by atoms with Gasteiger partial charge in [0.2, 0.25) is 0 Å². The molecule has 4 nitrogen and oxygen atoms in total. The molecule has 0 saturated heterocycles. The molecule has 0 unspecified atom stereocenters. The van der Waals surface area contributed by atoms with Gasteiger partial charge in [0.25, 0.3) is 5.91 Å². The van der Waals surface area contributed by atoms with Crippen molar-refractivity contribution in [2.75, 3.05) is 5.32 Å². The summed E-state index contributed by atoms with van der Waals surface area (Å²) < 4.78 is 7.51. The predicted octanol–water partition coefficient (Wildman–Crippen LogP) is 4.62. The lowest BCUT2D eigenvalue weighted by Crippen LogP contribution is -2.13. The molecule has 3 rings (SSSR count). The van der Waals surface area contributed by atoms with Crippen molar-refractivity contribution in [2.24, 2.45) is 0 Å². The van der Waals surface area contributed by atoms with E-state index in [1.807, 2.05) is 57.2 Å². The molecule has 0 bridgehead atoms. The third-order valence-electron chi connectivity index (χ3n) is 4.48. The van der Waals surface area contributed by atoms with Gasteiger partial charge in [0.1, 0.15) is 5.76 Å². The first-order chi connectivity index (χ1) is 11.5. The van der Waals surface area contributed by atoms with Crippen molar-refractivity contribution < 1.29 is 9.21 Å².